The molecule has 3 rings (SSSR count). The highest BCUT2D eigenvalue weighted by Gasteiger charge is 2.39. The summed E-state index contributed by atoms with van der Waals surface area (Å²) in [5.74, 6) is 4.78. The first-order valence-electron chi connectivity index (χ1n) is 9.29. The van der Waals surface area contributed by atoms with Crippen LogP contribution in [0, 0.1) is 32.6 Å². The molecule has 0 fully saturated rings. The van der Waals surface area contributed by atoms with Crippen LogP contribution >= 0.6 is 0 Å². The Morgan fingerprint density at radius 1 is 1.17 bits per heavy atom. The minimum atomic E-state index is -4.96. The minimum Gasteiger partial charge on any atom is -0.474 e. The monoisotopic (exact) mass is 401 g/mol. The minimum absolute atomic E-state index is 0.0185. The summed E-state index contributed by atoms with van der Waals surface area (Å²) in [4.78, 5) is 11.3. The Morgan fingerprint density at radius 2 is 1.86 bits per heavy atom. The first-order chi connectivity index (χ1) is 13.5. The van der Waals surface area contributed by atoms with Gasteiger partial charge < -0.3 is 10.1 Å². The average molecular weight is 401 g/mol. The van der Waals surface area contributed by atoms with Crippen molar-refractivity contribution in [2.24, 2.45) is 0 Å². The second kappa shape index (κ2) is 7.47. The van der Waals surface area contributed by atoms with E-state index < -0.39 is 17.7 Å². The molecule has 1 amide bonds. The van der Waals surface area contributed by atoms with Crippen LogP contribution < -0.4 is 10.1 Å². The molecule has 0 bridgehead atoms. The van der Waals surface area contributed by atoms with Crippen molar-refractivity contribution in [2.75, 3.05) is 5.32 Å². The van der Waals surface area contributed by atoms with Crippen molar-refractivity contribution in [1.82, 2.24) is 0 Å². The van der Waals surface area contributed by atoms with Crippen LogP contribution in [-0.4, -0.2) is 17.7 Å². The molecule has 0 radical (unpaired) electrons. The van der Waals surface area contributed by atoms with Crippen molar-refractivity contribution >= 4 is 11.6 Å². The molecule has 1 N–H and O–H groups in total. The van der Waals surface area contributed by atoms with E-state index in [0.29, 0.717) is 12.0 Å². The second-order valence-electron chi connectivity index (χ2n) is 7.52. The third-order valence-corrected chi connectivity index (χ3v) is 5.19. The van der Waals surface area contributed by atoms with E-state index in [1.54, 1.807) is 18.2 Å². The topological polar surface area (TPSA) is 38.3 Å². The zero-order valence-corrected chi connectivity index (χ0v) is 16.8. The summed E-state index contributed by atoms with van der Waals surface area (Å²) in [5.41, 5.74) is 4.10. The molecule has 152 valence electrons. The number of carbonyl (C=O) groups is 1. The molecule has 1 aliphatic rings. The van der Waals surface area contributed by atoms with E-state index in [4.69, 9.17) is 4.74 Å². The van der Waals surface area contributed by atoms with E-state index in [1.807, 2.05) is 26.1 Å². The van der Waals surface area contributed by atoms with Crippen molar-refractivity contribution in [3.8, 4) is 17.6 Å². The van der Waals surface area contributed by atoms with E-state index in [-0.39, 0.29) is 5.69 Å². The van der Waals surface area contributed by atoms with Gasteiger partial charge in [-0.05, 0) is 68.5 Å². The molecule has 0 saturated carbocycles. The Hall–Kier alpha value is -2.94. The van der Waals surface area contributed by atoms with Gasteiger partial charge in [-0.25, -0.2) is 0 Å². The lowest BCUT2D eigenvalue weighted by molar-refractivity contribution is -0.167. The van der Waals surface area contributed by atoms with Crippen molar-refractivity contribution in [3.63, 3.8) is 0 Å². The summed E-state index contributed by atoms with van der Waals surface area (Å²) in [6, 6.07) is 8.30. The Labute approximate surface area is 168 Å². The van der Waals surface area contributed by atoms with Crippen molar-refractivity contribution in [3.05, 3.63) is 58.1 Å². The van der Waals surface area contributed by atoms with Crippen molar-refractivity contribution in [1.29, 1.82) is 0 Å². The summed E-state index contributed by atoms with van der Waals surface area (Å²) in [6.07, 6.45) is -3.50. The van der Waals surface area contributed by atoms with E-state index in [9.17, 15) is 18.0 Å². The fraction of sp³-hybridized carbons (Fsp3) is 0.348. The number of amides is 1. The number of anilines is 1. The van der Waals surface area contributed by atoms with E-state index in [0.717, 1.165) is 23.3 Å². The van der Waals surface area contributed by atoms with Crippen molar-refractivity contribution in [2.45, 2.75) is 52.3 Å². The van der Waals surface area contributed by atoms with Gasteiger partial charge in [0.25, 0.3) is 0 Å². The van der Waals surface area contributed by atoms with Gasteiger partial charge in [-0.2, -0.15) is 13.2 Å². The number of rotatable bonds is 1. The second-order valence-corrected chi connectivity index (χ2v) is 7.52. The molecule has 3 nitrogen and oxygen atoms in total. The predicted molar refractivity (Wildman–Crippen MR) is 106 cm³/mol. The van der Waals surface area contributed by atoms with Crippen LogP contribution in [0.4, 0.5) is 18.9 Å². The molecule has 1 heterocycles. The van der Waals surface area contributed by atoms with Gasteiger partial charge in [-0.3, -0.25) is 4.79 Å². The maximum Gasteiger partial charge on any atom is 0.471 e. The highest BCUT2D eigenvalue weighted by Crippen LogP contribution is 2.39. The van der Waals surface area contributed by atoms with Crippen LogP contribution in [0.2, 0.25) is 0 Å². The van der Waals surface area contributed by atoms with Gasteiger partial charge in [0, 0.05) is 12.0 Å². The number of fused-ring (bicyclic) bond motifs is 1. The zero-order chi connectivity index (χ0) is 21.4. The molecule has 1 unspecified atom stereocenters. The molecule has 1 atom stereocenters. The number of carbonyl (C=O) groups excluding carboxylic acids is 1. The lowest BCUT2D eigenvalue weighted by Gasteiger charge is -2.34. The molecular weight excluding hydrogens is 379 g/mol. The first-order valence-corrected chi connectivity index (χ1v) is 9.29. The van der Waals surface area contributed by atoms with Crippen LogP contribution in [0.1, 0.15) is 41.2 Å². The van der Waals surface area contributed by atoms with Gasteiger partial charge in [0.1, 0.15) is 5.75 Å². The van der Waals surface area contributed by atoms with E-state index in [1.165, 1.54) is 17.2 Å². The molecule has 1 aliphatic heterocycles. The summed E-state index contributed by atoms with van der Waals surface area (Å²) in [5, 5.41) is 1.88. The van der Waals surface area contributed by atoms with Gasteiger partial charge in [-0.1, -0.05) is 30.0 Å². The Bertz CT molecular complexity index is 1030. The van der Waals surface area contributed by atoms with Crippen LogP contribution in [-0.2, 0) is 11.2 Å². The highest BCUT2D eigenvalue weighted by atomic mass is 19.4. The number of alkyl halides is 3. The summed E-state index contributed by atoms with van der Waals surface area (Å²) in [7, 11) is 0. The Morgan fingerprint density at radius 3 is 2.55 bits per heavy atom. The molecule has 29 heavy (non-hydrogen) atoms. The maximum absolute atomic E-state index is 12.6. The third kappa shape index (κ3) is 4.40. The van der Waals surface area contributed by atoms with E-state index in [2.05, 4.69) is 24.8 Å². The number of nitrogens with one attached hydrogen (secondary N) is 1. The fourth-order valence-corrected chi connectivity index (χ4v) is 3.38. The summed E-state index contributed by atoms with van der Waals surface area (Å²) in [6.45, 7) is 7.97. The largest absolute Gasteiger partial charge is 0.474 e. The molecule has 6 heteroatoms. The number of halogens is 3. The smallest absolute Gasteiger partial charge is 0.471 e. The van der Waals surface area contributed by atoms with Gasteiger partial charge in [-0.15, -0.1) is 0 Å². The number of aryl methyl sites for hydroxylation is 2. The van der Waals surface area contributed by atoms with Gasteiger partial charge in [0.15, 0.2) is 5.60 Å². The quantitative estimate of drug-likeness (QED) is 0.663. The third-order valence-electron chi connectivity index (χ3n) is 5.19. The van der Waals surface area contributed by atoms with Crippen LogP contribution in [0.15, 0.2) is 30.3 Å². The molecule has 2 aromatic rings. The molecule has 0 spiro atoms. The standard InChI is InChI=1S/C23H22F3NO2/c1-14-13-15(2)18-10-12-22(4,29-20(18)16(14)3)11-9-17-7-5-6-8-19(17)27-21(28)23(24,25)26/h5-8,13H,10,12H2,1-4H3,(H,27,28). The summed E-state index contributed by atoms with van der Waals surface area (Å²) >= 11 is 0. The lowest BCUT2D eigenvalue weighted by atomic mass is 9.88. The number of hydrogen-bond donors (Lipinski definition) is 1. The van der Waals surface area contributed by atoms with Gasteiger partial charge in [0.2, 0.25) is 0 Å². The van der Waals surface area contributed by atoms with Crippen molar-refractivity contribution < 1.29 is 22.7 Å². The Kier molecular flexibility index (Phi) is 5.36. The number of para-hydroxylation sites is 1. The maximum atomic E-state index is 12.6. The highest BCUT2D eigenvalue weighted by molar-refractivity contribution is 5.96. The molecule has 2 aromatic carbocycles. The van der Waals surface area contributed by atoms with Crippen LogP contribution in [0.3, 0.4) is 0 Å². The number of ether oxygens (including phenoxy) is 1. The molecule has 0 aliphatic carbocycles. The van der Waals surface area contributed by atoms with Crippen LogP contribution in [0.5, 0.6) is 5.75 Å². The normalized spacial score (nSPS) is 18.2. The van der Waals surface area contributed by atoms with Gasteiger partial charge in [0.05, 0.1) is 5.69 Å². The SMILES string of the molecule is Cc1cc(C)c2c(c1C)OC(C)(C#Cc1ccccc1NC(=O)C(F)(F)F)CC2. The van der Waals surface area contributed by atoms with Crippen LogP contribution in [0.25, 0.3) is 0 Å². The van der Waals surface area contributed by atoms with Gasteiger partial charge >= 0.3 is 12.1 Å². The fourth-order valence-electron chi connectivity index (χ4n) is 3.38. The number of benzene rings is 2. The molecule has 0 saturated heterocycles. The lowest BCUT2D eigenvalue weighted by Crippen LogP contribution is -2.35. The first kappa shape index (κ1) is 20.8. The Balaban J connectivity index is 1.91. The average Bonchev–Trinajstić information content (AvgIpc) is 2.64. The zero-order valence-electron chi connectivity index (χ0n) is 16.8. The summed E-state index contributed by atoms with van der Waals surface area (Å²) < 4.78 is 44.0. The predicted octanol–water partition coefficient (Wildman–Crippen LogP) is 5.25. The number of hydrogen-bond acceptors (Lipinski definition) is 2. The molecular formula is C23H22F3NO2. The van der Waals surface area contributed by atoms with E-state index >= 15 is 0 Å². The molecule has 0 aromatic heterocycles.